The number of nitrogens with zero attached hydrogens (tertiary/aromatic N) is 2. The second-order valence-electron chi connectivity index (χ2n) is 7.61. The highest BCUT2D eigenvalue weighted by Crippen LogP contribution is 2.29. The summed E-state index contributed by atoms with van der Waals surface area (Å²) in [6.07, 6.45) is 7.30. The average Bonchev–Trinajstić information content (AvgIpc) is 3.07. The van der Waals surface area contributed by atoms with Crippen molar-refractivity contribution in [3.63, 3.8) is 0 Å². The SMILES string of the molecule is O=C(CN(CC1CCOC1)C1CC1)c1c[nH]c(C(=O)N2CCCC2)c1. The minimum Gasteiger partial charge on any atom is -0.381 e. The van der Waals surface area contributed by atoms with Crippen molar-refractivity contribution in [3.05, 3.63) is 23.5 Å². The lowest BCUT2D eigenvalue weighted by Crippen LogP contribution is -2.36. The molecule has 3 aliphatic rings. The van der Waals surface area contributed by atoms with Crippen LogP contribution in [-0.4, -0.2) is 71.9 Å². The van der Waals surface area contributed by atoms with Gasteiger partial charge in [0.2, 0.25) is 0 Å². The molecule has 1 aromatic heterocycles. The van der Waals surface area contributed by atoms with Gasteiger partial charge < -0.3 is 14.6 Å². The third-order valence-electron chi connectivity index (χ3n) is 5.56. The Morgan fingerprint density at radius 2 is 2.04 bits per heavy atom. The van der Waals surface area contributed by atoms with Crippen LogP contribution >= 0.6 is 0 Å². The van der Waals surface area contributed by atoms with Gasteiger partial charge in [-0.15, -0.1) is 0 Å². The van der Waals surface area contributed by atoms with Gasteiger partial charge in [-0.3, -0.25) is 14.5 Å². The number of ether oxygens (including phenoxy) is 1. The lowest BCUT2D eigenvalue weighted by molar-refractivity contribution is 0.0787. The fourth-order valence-electron chi connectivity index (χ4n) is 3.89. The van der Waals surface area contributed by atoms with E-state index in [9.17, 15) is 9.59 Å². The van der Waals surface area contributed by atoms with Crippen molar-refractivity contribution in [1.82, 2.24) is 14.8 Å². The van der Waals surface area contributed by atoms with E-state index >= 15 is 0 Å². The molecule has 1 N–H and O–H groups in total. The van der Waals surface area contributed by atoms with Crippen LogP contribution in [0.15, 0.2) is 12.3 Å². The molecular formula is C19H27N3O3. The molecule has 0 aromatic carbocycles. The van der Waals surface area contributed by atoms with E-state index in [2.05, 4.69) is 9.88 Å². The Labute approximate surface area is 148 Å². The highest BCUT2D eigenvalue weighted by atomic mass is 16.5. The molecule has 6 nitrogen and oxygen atoms in total. The first-order chi connectivity index (χ1) is 12.2. The molecule has 0 bridgehead atoms. The summed E-state index contributed by atoms with van der Waals surface area (Å²) in [4.78, 5) is 32.3. The number of amides is 1. The van der Waals surface area contributed by atoms with E-state index in [1.54, 1.807) is 12.3 Å². The van der Waals surface area contributed by atoms with Crippen LogP contribution < -0.4 is 0 Å². The second-order valence-corrected chi connectivity index (χ2v) is 7.61. The molecule has 3 fully saturated rings. The largest absolute Gasteiger partial charge is 0.381 e. The van der Waals surface area contributed by atoms with Crippen LogP contribution in [0.4, 0.5) is 0 Å². The van der Waals surface area contributed by atoms with Crippen LogP contribution in [0.5, 0.6) is 0 Å². The van der Waals surface area contributed by atoms with Gasteiger partial charge >= 0.3 is 0 Å². The lowest BCUT2D eigenvalue weighted by atomic mass is 10.1. The molecule has 1 saturated carbocycles. The molecule has 6 heteroatoms. The number of aromatic amines is 1. The highest BCUT2D eigenvalue weighted by molar-refractivity contribution is 6.01. The van der Waals surface area contributed by atoms with Gasteiger partial charge in [-0.2, -0.15) is 0 Å². The van der Waals surface area contributed by atoms with E-state index in [-0.39, 0.29) is 11.7 Å². The van der Waals surface area contributed by atoms with Gasteiger partial charge in [0.15, 0.2) is 5.78 Å². The van der Waals surface area contributed by atoms with Crippen molar-refractivity contribution >= 4 is 11.7 Å². The van der Waals surface area contributed by atoms with Gasteiger partial charge in [-0.05, 0) is 44.1 Å². The molecule has 1 unspecified atom stereocenters. The van der Waals surface area contributed by atoms with Crippen molar-refractivity contribution in [2.75, 3.05) is 39.4 Å². The van der Waals surface area contributed by atoms with Gasteiger partial charge in [-0.1, -0.05) is 0 Å². The molecule has 3 heterocycles. The number of Topliss-reactive ketones (excluding diaryl/α,β-unsaturated/α-hetero) is 1. The van der Waals surface area contributed by atoms with Crippen LogP contribution in [0.25, 0.3) is 0 Å². The van der Waals surface area contributed by atoms with Gasteiger partial charge in [0, 0.05) is 44.0 Å². The third-order valence-corrected chi connectivity index (χ3v) is 5.56. The van der Waals surface area contributed by atoms with Crippen molar-refractivity contribution < 1.29 is 14.3 Å². The van der Waals surface area contributed by atoms with E-state index in [0.29, 0.717) is 29.8 Å². The van der Waals surface area contributed by atoms with E-state index in [4.69, 9.17) is 4.74 Å². The summed E-state index contributed by atoms with van der Waals surface area (Å²) in [7, 11) is 0. The first-order valence-corrected chi connectivity index (χ1v) is 9.53. The summed E-state index contributed by atoms with van der Waals surface area (Å²) >= 11 is 0. The topological polar surface area (TPSA) is 65.6 Å². The Morgan fingerprint density at radius 1 is 1.24 bits per heavy atom. The van der Waals surface area contributed by atoms with Gasteiger partial charge in [-0.25, -0.2) is 0 Å². The number of H-pyrrole nitrogens is 1. The number of carbonyl (C=O) groups excluding carboxylic acids is 2. The van der Waals surface area contributed by atoms with Gasteiger partial charge in [0.25, 0.3) is 5.91 Å². The Hall–Kier alpha value is -1.66. The molecule has 1 atom stereocenters. The number of hydrogen-bond donors (Lipinski definition) is 1. The fraction of sp³-hybridized carbons (Fsp3) is 0.684. The first-order valence-electron chi connectivity index (χ1n) is 9.53. The highest BCUT2D eigenvalue weighted by Gasteiger charge is 2.33. The number of rotatable bonds is 7. The Morgan fingerprint density at radius 3 is 2.72 bits per heavy atom. The zero-order valence-electron chi connectivity index (χ0n) is 14.7. The van der Waals surface area contributed by atoms with Crippen LogP contribution in [0, 0.1) is 5.92 Å². The number of nitrogens with one attached hydrogen (secondary N) is 1. The van der Waals surface area contributed by atoms with E-state index in [0.717, 1.165) is 52.1 Å². The summed E-state index contributed by atoms with van der Waals surface area (Å²) in [5, 5.41) is 0. The molecule has 1 amide bonds. The normalized spacial score (nSPS) is 23.6. The minimum absolute atomic E-state index is 0.0127. The first kappa shape index (κ1) is 16.8. The van der Waals surface area contributed by atoms with Crippen molar-refractivity contribution in [2.45, 2.75) is 38.1 Å². The van der Waals surface area contributed by atoms with E-state index in [1.165, 1.54) is 12.8 Å². The number of likely N-dealkylation sites (tertiary alicyclic amines) is 1. The molecule has 1 aromatic rings. The number of aromatic nitrogens is 1. The fourth-order valence-corrected chi connectivity index (χ4v) is 3.89. The maximum Gasteiger partial charge on any atom is 0.270 e. The van der Waals surface area contributed by atoms with Crippen LogP contribution in [0.1, 0.15) is 53.0 Å². The smallest absolute Gasteiger partial charge is 0.270 e. The summed E-state index contributed by atoms with van der Waals surface area (Å²) in [6, 6.07) is 2.28. The monoisotopic (exact) mass is 345 g/mol. The molecular weight excluding hydrogens is 318 g/mol. The average molecular weight is 345 g/mol. The molecule has 1 aliphatic carbocycles. The summed E-state index contributed by atoms with van der Waals surface area (Å²) in [5.41, 5.74) is 1.16. The molecule has 136 valence electrons. The Kier molecular flexibility index (Phi) is 4.90. The zero-order valence-corrected chi connectivity index (χ0v) is 14.7. The van der Waals surface area contributed by atoms with Gasteiger partial charge in [0.1, 0.15) is 5.69 Å². The Bertz CT molecular complexity index is 626. The maximum atomic E-state index is 12.7. The van der Waals surface area contributed by atoms with E-state index in [1.807, 2.05) is 4.90 Å². The minimum atomic E-state index is 0.0127. The number of carbonyl (C=O) groups is 2. The van der Waals surface area contributed by atoms with Crippen molar-refractivity contribution in [2.24, 2.45) is 5.92 Å². The quantitative estimate of drug-likeness (QED) is 0.767. The number of hydrogen-bond acceptors (Lipinski definition) is 4. The summed E-state index contributed by atoms with van der Waals surface area (Å²) < 4.78 is 5.47. The predicted octanol–water partition coefficient (Wildman–Crippen LogP) is 1.93. The second kappa shape index (κ2) is 7.30. The van der Waals surface area contributed by atoms with E-state index < -0.39 is 0 Å². The Balaban J connectivity index is 1.37. The van der Waals surface area contributed by atoms with Gasteiger partial charge in [0.05, 0.1) is 13.2 Å². The predicted molar refractivity (Wildman–Crippen MR) is 93.8 cm³/mol. The summed E-state index contributed by atoms with van der Waals surface area (Å²) in [5.74, 6) is 0.660. The van der Waals surface area contributed by atoms with Crippen LogP contribution in [-0.2, 0) is 4.74 Å². The van der Waals surface area contributed by atoms with Crippen LogP contribution in [0.2, 0.25) is 0 Å². The zero-order chi connectivity index (χ0) is 17.2. The number of ketones is 1. The maximum absolute atomic E-state index is 12.7. The standard InChI is InChI=1S/C19H27N3O3/c23-18(12-22(16-3-4-16)11-14-5-8-25-13-14)15-9-17(20-10-15)19(24)21-6-1-2-7-21/h9-10,14,16,20H,1-8,11-13H2. The molecule has 25 heavy (non-hydrogen) atoms. The third kappa shape index (κ3) is 3.96. The molecule has 4 rings (SSSR count). The molecule has 2 saturated heterocycles. The molecule has 0 spiro atoms. The molecule has 2 aliphatic heterocycles. The lowest BCUT2D eigenvalue weighted by Gasteiger charge is -2.23. The van der Waals surface area contributed by atoms with Crippen molar-refractivity contribution in [3.8, 4) is 0 Å². The summed E-state index contributed by atoms with van der Waals surface area (Å²) in [6.45, 7) is 4.68. The molecule has 0 radical (unpaired) electrons. The van der Waals surface area contributed by atoms with Crippen molar-refractivity contribution in [1.29, 1.82) is 0 Å². The van der Waals surface area contributed by atoms with Crippen LogP contribution in [0.3, 0.4) is 0 Å².